The third-order valence-corrected chi connectivity index (χ3v) is 4.60. The van der Waals surface area contributed by atoms with Crippen LogP contribution in [0.3, 0.4) is 0 Å². The molecule has 2 rings (SSSR count). The average molecular weight is 266 g/mol. The van der Waals surface area contributed by atoms with E-state index < -0.39 is 12.1 Å². The van der Waals surface area contributed by atoms with Gasteiger partial charge in [0.25, 0.3) is 0 Å². The van der Waals surface area contributed by atoms with Gasteiger partial charge in [-0.05, 0) is 57.3 Å². The summed E-state index contributed by atoms with van der Waals surface area (Å²) in [4.78, 5) is 11.4. The first kappa shape index (κ1) is 14.6. The second-order valence-corrected chi connectivity index (χ2v) is 5.91. The quantitative estimate of drug-likeness (QED) is 0.614. The maximum atomic E-state index is 11.4. The van der Waals surface area contributed by atoms with Crippen molar-refractivity contribution in [3.05, 3.63) is 11.6 Å². The van der Waals surface area contributed by atoms with Crippen LogP contribution in [0, 0.1) is 11.8 Å². The van der Waals surface area contributed by atoms with Crippen LogP contribution in [0.5, 0.6) is 0 Å². The van der Waals surface area contributed by atoms with Crippen molar-refractivity contribution in [2.45, 2.75) is 64.4 Å². The fraction of sp³-hybridized carbons (Fsp3) is 0.812. The third-order valence-electron chi connectivity index (χ3n) is 4.60. The minimum Gasteiger partial charge on any atom is -0.464 e. The Hall–Kier alpha value is -0.830. The Kier molecular flexibility index (Phi) is 5.44. The molecule has 0 saturated heterocycles. The molecule has 0 spiro atoms. The molecule has 3 unspecified atom stereocenters. The largest absolute Gasteiger partial charge is 0.464 e. The van der Waals surface area contributed by atoms with Crippen LogP contribution in [0.1, 0.15) is 58.3 Å². The van der Waals surface area contributed by atoms with Crippen LogP contribution in [0.25, 0.3) is 0 Å². The van der Waals surface area contributed by atoms with Gasteiger partial charge >= 0.3 is 5.97 Å². The number of esters is 1. The first-order chi connectivity index (χ1) is 9.20. The second kappa shape index (κ2) is 7.09. The molecule has 0 aliphatic heterocycles. The molecule has 0 radical (unpaired) electrons. The topological polar surface area (TPSA) is 46.5 Å². The molecular weight excluding hydrogens is 240 g/mol. The first-order valence-corrected chi connectivity index (χ1v) is 7.73. The van der Waals surface area contributed by atoms with Crippen molar-refractivity contribution in [1.29, 1.82) is 0 Å². The van der Waals surface area contributed by atoms with Crippen molar-refractivity contribution < 1.29 is 14.6 Å². The molecule has 0 aromatic rings. The van der Waals surface area contributed by atoms with E-state index in [1.807, 2.05) is 0 Å². The molecule has 0 aromatic carbocycles. The van der Waals surface area contributed by atoms with Crippen LogP contribution in [0.4, 0.5) is 0 Å². The first-order valence-electron chi connectivity index (χ1n) is 7.73. The Morgan fingerprint density at radius 3 is 2.89 bits per heavy atom. The van der Waals surface area contributed by atoms with Crippen molar-refractivity contribution in [1.82, 2.24) is 0 Å². The lowest BCUT2D eigenvalue weighted by molar-refractivity contribution is -0.153. The van der Waals surface area contributed by atoms with Gasteiger partial charge in [-0.3, -0.25) is 0 Å². The van der Waals surface area contributed by atoms with E-state index in [0.717, 1.165) is 18.3 Å². The molecule has 1 saturated carbocycles. The molecule has 2 aliphatic rings. The van der Waals surface area contributed by atoms with Gasteiger partial charge in [0.2, 0.25) is 0 Å². The van der Waals surface area contributed by atoms with Gasteiger partial charge in [-0.2, -0.15) is 0 Å². The Bertz CT molecular complexity index is 335. The zero-order valence-electron chi connectivity index (χ0n) is 11.9. The molecule has 1 fully saturated rings. The maximum Gasteiger partial charge on any atom is 0.334 e. The molecule has 1 N–H and O–H groups in total. The summed E-state index contributed by atoms with van der Waals surface area (Å²) in [5, 5.41) is 9.71. The van der Waals surface area contributed by atoms with Crippen molar-refractivity contribution in [3.8, 4) is 0 Å². The summed E-state index contributed by atoms with van der Waals surface area (Å²) >= 11 is 0. The Morgan fingerprint density at radius 2 is 2.16 bits per heavy atom. The van der Waals surface area contributed by atoms with Crippen molar-refractivity contribution in [2.75, 3.05) is 6.61 Å². The number of allylic oxidation sites excluding steroid dienone is 2. The lowest BCUT2D eigenvalue weighted by Crippen LogP contribution is -2.25. The van der Waals surface area contributed by atoms with Gasteiger partial charge < -0.3 is 9.84 Å². The highest BCUT2D eigenvalue weighted by molar-refractivity contribution is 5.74. The highest BCUT2D eigenvalue weighted by Gasteiger charge is 2.28. The molecular formula is C16H26O3. The number of aliphatic hydroxyl groups excluding tert-OH is 1. The van der Waals surface area contributed by atoms with Crippen LogP contribution in [-0.2, 0) is 9.53 Å². The van der Waals surface area contributed by atoms with E-state index in [1.165, 1.54) is 44.1 Å². The monoisotopic (exact) mass is 266 g/mol. The number of rotatable bonds is 5. The zero-order valence-corrected chi connectivity index (χ0v) is 11.9. The highest BCUT2D eigenvalue weighted by atomic mass is 16.5. The van der Waals surface area contributed by atoms with Gasteiger partial charge in [0.15, 0.2) is 6.10 Å². The Balaban J connectivity index is 1.77. The Labute approximate surface area is 116 Å². The molecule has 0 bridgehead atoms. The fourth-order valence-corrected chi connectivity index (χ4v) is 3.48. The van der Waals surface area contributed by atoms with Crippen LogP contribution in [-0.4, -0.2) is 23.8 Å². The van der Waals surface area contributed by atoms with E-state index in [4.69, 9.17) is 4.74 Å². The van der Waals surface area contributed by atoms with Gasteiger partial charge in [-0.25, -0.2) is 4.79 Å². The van der Waals surface area contributed by atoms with Crippen LogP contribution in [0.15, 0.2) is 11.6 Å². The van der Waals surface area contributed by atoms with E-state index in [2.05, 4.69) is 6.08 Å². The zero-order chi connectivity index (χ0) is 13.7. The van der Waals surface area contributed by atoms with Gasteiger partial charge in [0.1, 0.15) is 0 Å². The molecule has 0 heterocycles. The average Bonchev–Trinajstić information content (AvgIpc) is 2.44. The van der Waals surface area contributed by atoms with E-state index in [9.17, 15) is 9.90 Å². The molecule has 2 aliphatic carbocycles. The Morgan fingerprint density at radius 1 is 1.42 bits per heavy atom. The summed E-state index contributed by atoms with van der Waals surface area (Å²) in [6.45, 7) is 2.10. The predicted molar refractivity (Wildman–Crippen MR) is 74.6 cm³/mol. The van der Waals surface area contributed by atoms with E-state index >= 15 is 0 Å². The molecule has 0 aromatic heterocycles. The summed E-state index contributed by atoms with van der Waals surface area (Å²) in [7, 11) is 0. The summed E-state index contributed by atoms with van der Waals surface area (Å²) in [6.07, 6.45) is 10.6. The second-order valence-electron chi connectivity index (χ2n) is 5.91. The minimum atomic E-state index is -0.954. The summed E-state index contributed by atoms with van der Waals surface area (Å²) in [5.74, 6) is 1.27. The molecule has 19 heavy (non-hydrogen) atoms. The number of carbonyl (C=O) groups is 1. The normalized spacial score (nSPS) is 28.2. The van der Waals surface area contributed by atoms with E-state index in [0.29, 0.717) is 13.0 Å². The van der Waals surface area contributed by atoms with Crippen LogP contribution < -0.4 is 0 Å². The van der Waals surface area contributed by atoms with E-state index in [1.54, 1.807) is 6.92 Å². The number of fused-ring (bicyclic) bond motifs is 1. The molecule has 108 valence electrons. The van der Waals surface area contributed by atoms with Gasteiger partial charge in [0, 0.05) is 0 Å². The van der Waals surface area contributed by atoms with E-state index in [-0.39, 0.29) is 0 Å². The molecule has 3 atom stereocenters. The SMILES string of the molecule is CCOC(=O)C(O)CCC1=CCC2CCCCC2C1. The number of hydrogen-bond donors (Lipinski definition) is 1. The predicted octanol–water partition coefficient (Wildman–Crippen LogP) is 3.22. The minimum absolute atomic E-state index is 0.336. The van der Waals surface area contributed by atoms with Crippen molar-refractivity contribution >= 4 is 5.97 Å². The lowest BCUT2D eigenvalue weighted by Gasteiger charge is -2.35. The highest BCUT2D eigenvalue weighted by Crippen LogP contribution is 2.41. The van der Waals surface area contributed by atoms with Crippen LogP contribution >= 0.6 is 0 Å². The maximum absolute atomic E-state index is 11.4. The summed E-state index contributed by atoms with van der Waals surface area (Å²) in [5.41, 5.74) is 1.44. The lowest BCUT2D eigenvalue weighted by atomic mass is 9.71. The standard InChI is InChI=1S/C16H26O3/c1-2-19-16(18)15(17)10-8-12-7-9-13-5-3-4-6-14(13)11-12/h7,13-15,17H,2-6,8-11H2,1H3. The smallest absolute Gasteiger partial charge is 0.334 e. The van der Waals surface area contributed by atoms with Crippen molar-refractivity contribution in [3.63, 3.8) is 0 Å². The van der Waals surface area contributed by atoms with Gasteiger partial charge in [-0.15, -0.1) is 0 Å². The number of hydrogen-bond acceptors (Lipinski definition) is 3. The summed E-state index contributed by atoms with van der Waals surface area (Å²) < 4.78 is 4.82. The van der Waals surface area contributed by atoms with Crippen LogP contribution in [0.2, 0.25) is 0 Å². The van der Waals surface area contributed by atoms with Gasteiger partial charge in [-0.1, -0.05) is 24.5 Å². The summed E-state index contributed by atoms with van der Waals surface area (Å²) in [6, 6.07) is 0. The van der Waals surface area contributed by atoms with Crippen molar-refractivity contribution in [2.24, 2.45) is 11.8 Å². The number of aliphatic hydroxyl groups is 1. The third kappa shape index (κ3) is 4.07. The fourth-order valence-electron chi connectivity index (χ4n) is 3.48. The molecule has 3 nitrogen and oxygen atoms in total. The number of carbonyl (C=O) groups excluding carboxylic acids is 1. The number of ether oxygens (including phenoxy) is 1. The van der Waals surface area contributed by atoms with Gasteiger partial charge in [0.05, 0.1) is 6.61 Å². The molecule has 0 amide bonds. The molecule has 3 heteroatoms.